The van der Waals surface area contributed by atoms with Gasteiger partial charge in [-0.25, -0.2) is 0 Å². The number of rotatable bonds is 4. The molecule has 155 valence electrons. The van der Waals surface area contributed by atoms with Crippen LogP contribution in [0.1, 0.15) is 0 Å². The van der Waals surface area contributed by atoms with Crippen LogP contribution in [-0.2, 0) is 20.1 Å². The number of benzene rings is 4. The molecule has 1 radical (unpaired) electrons. The average Bonchev–Trinajstić information content (AvgIpc) is 3.34. The molecule has 5 aromatic rings. The normalized spacial score (nSPS) is 10.2. The Labute approximate surface area is 199 Å². The first-order chi connectivity index (χ1) is 15.3. The van der Waals surface area contributed by atoms with Crippen molar-refractivity contribution in [1.82, 2.24) is 15.0 Å². The first kappa shape index (κ1) is 21.3. The zero-order valence-corrected chi connectivity index (χ0v) is 19.3. The van der Waals surface area contributed by atoms with E-state index in [-0.39, 0.29) is 20.1 Å². The summed E-state index contributed by atoms with van der Waals surface area (Å²) < 4.78 is 1.91. The molecule has 0 atom stereocenters. The Balaban J connectivity index is 0.00000245. The Morgan fingerprint density at radius 2 is 1.44 bits per heavy atom. The van der Waals surface area contributed by atoms with Crippen LogP contribution >= 0.6 is 0 Å². The Hall–Kier alpha value is -3.91. The van der Waals surface area contributed by atoms with Crippen LogP contribution in [0.5, 0.6) is 0 Å². The van der Waals surface area contributed by atoms with Crippen molar-refractivity contribution in [2.45, 2.75) is 0 Å². The summed E-state index contributed by atoms with van der Waals surface area (Å²) >= 11 is 0. The van der Waals surface area contributed by atoms with Gasteiger partial charge in [-0.1, -0.05) is 78.9 Å². The molecule has 0 unspecified atom stereocenters. The second-order valence-corrected chi connectivity index (χ2v) is 6.93. The first-order valence-electron chi connectivity index (χ1n) is 9.81. The van der Waals surface area contributed by atoms with Gasteiger partial charge in [0, 0.05) is 31.2 Å². The Bertz CT molecular complexity index is 1330. The zero-order valence-electron chi connectivity index (χ0n) is 16.9. The summed E-state index contributed by atoms with van der Waals surface area (Å²) in [5, 5.41) is 8.48. The number of nitrogens with zero attached hydrogens (tertiary/aromatic N) is 5. The van der Waals surface area contributed by atoms with Crippen molar-refractivity contribution in [1.29, 1.82) is 0 Å². The van der Waals surface area contributed by atoms with Crippen molar-refractivity contribution in [3.63, 3.8) is 0 Å². The molecule has 1 aromatic heterocycles. The maximum absolute atomic E-state index is 7.34. The molecule has 0 amide bonds. The van der Waals surface area contributed by atoms with Gasteiger partial charge in [0.1, 0.15) is 5.69 Å². The summed E-state index contributed by atoms with van der Waals surface area (Å²) in [7, 11) is 0. The monoisotopic (exact) mass is 592 g/mol. The van der Waals surface area contributed by atoms with Gasteiger partial charge in [-0.2, -0.15) is 12.1 Å². The molecule has 0 aliphatic carbocycles. The molecule has 32 heavy (non-hydrogen) atoms. The van der Waals surface area contributed by atoms with Crippen LogP contribution in [-0.4, -0.2) is 15.0 Å². The van der Waals surface area contributed by atoms with Crippen molar-refractivity contribution >= 4 is 5.69 Å². The molecule has 6 heteroatoms. The summed E-state index contributed by atoms with van der Waals surface area (Å²) in [6.07, 6.45) is 1.69. The first-order valence-corrected chi connectivity index (χ1v) is 9.81. The predicted octanol–water partition coefficient (Wildman–Crippen LogP) is 5.23. The molecular formula is C26H17IrN5. The minimum absolute atomic E-state index is 0. The third-order valence-electron chi connectivity index (χ3n) is 5.05. The van der Waals surface area contributed by atoms with Crippen LogP contribution < -0.4 is 4.80 Å². The smallest absolute Gasteiger partial charge is 0.265 e. The van der Waals surface area contributed by atoms with Crippen LogP contribution in [0.25, 0.3) is 38.5 Å². The maximum atomic E-state index is 7.34. The molecule has 5 nitrogen and oxygen atoms in total. The van der Waals surface area contributed by atoms with Crippen LogP contribution in [0.15, 0.2) is 103 Å². The minimum atomic E-state index is 0. The Morgan fingerprint density at radius 1 is 0.812 bits per heavy atom. The van der Waals surface area contributed by atoms with Crippen LogP contribution in [0.4, 0.5) is 5.69 Å². The number of para-hydroxylation sites is 1. The van der Waals surface area contributed by atoms with Crippen molar-refractivity contribution in [2.24, 2.45) is 0 Å². The number of hydrogen-bond acceptors (Lipinski definition) is 2. The van der Waals surface area contributed by atoms with Crippen molar-refractivity contribution in [2.75, 3.05) is 0 Å². The van der Waals surface area contributed by atoms with Gasteiger partial charge in [0.25, 0.3) is 6.33 Å². The van der Waals surface area contributed by atoms with Crippen LogP contribution in [0, 0.1) is 12.6 Å². The molecule has 0 aliphatic rings. The van der Waals surface area contributed by atoms with Crippen molar-refractivity contribution in [3.05, 3.63) is 121 Å². The zero-order chi connectivity index (χ0) is 21.0. The molecule has 0 N–H and O–H groups in total. The molecule has 0 bridgehead atoms. The molecule has 4 aromatic carbocycles. The molecule has 0 spiro atoms. The summed E-state index contributed by atoms with van der Waals surface area (Å²) in [5.74, 6) is 0. The predicted molar refractivity (Wildman–Crippen MR) is 119 cm³/mol. The van der Waals surface area contributed by atoms with E-state index in [9.17, 15) is 0 Å². The summed E-state index contributed by atoms with van der Waals surface area (Å²) in [6, 6.07) is 35.1. The van der Waals surface area contributed by atoms with Gasteiger partial charge in [0.05, 0.1) is 23.0 Å². The molecular weight excluding hydrogens is 575 g/mol. The SMILES string of the molecule is [C-]#[N+]c1cc[c-]c(-[n+]2nncn2-c2c(-c3ccccc3)cccc2-c2ccccc2)c1.[Ir]. The van der Waals surface area contributed by atoms with E-state index in [1.54, 1.807) is 29.3 Å². The van der Waals surface area contributed by atoms with Gasteiger partial charge >= 0.3 is 0 Å². The molecule has 0 aliphatic heterocycles. The second kappa shape index (κ2) is 9.49. The minimum Gasteiger partial charge on any atom is -0.265 e. The van der Waals surface area contributed by atoms with Crippen LogP contribution in [0.2, 0.25) is 0 Å². The van der Waals surface area contributed by atoms with Gasteiger partial charge in [-0.3, -0.25) is 4.85 Å². The maximum Gasteiger partial charge on any atom is 0.277 e. The third-order valence-corrected chi connectivity index (χ3v) is 5.05. The van der Waals surface area contributed by atoms with E-state index in [0.717, 1.165) is 27.9 Å². The topological polar surface area (TPSA) is 39.0 Å². The molecule has 0 saturated carbocycles. The second-order valence-electron chi connectivity index (χ2n) is 6.93. The van der Waals surface area contributed by atoms with Gasteiger partial charge in [-0.15, -0.1) is 16.8 Å². The molecule has 0 fully saturated rings. The molecule has 1 heterocycles. The fourth-order valence-corrected chi connectivity index (χ4v) is 3.65. The Kier molecular flexibility index (Phi) is 6.32. The van der Waals surface area contributed by atoms with Gasteiger partial charge in [-0.05, 0) is 15.9 Å². The largest absolute Gasteiger partial charge is 0.277 e. The molecule has 0 saturated heterocycles. The van der Waals surface area contributed by atoms with E-state index in [4.69, 9.17) is 6.57 Å². The van der Waals surface area contributed by atoms with Gasteiger partial charge in [0.2, 0.25) is 0 Å². The number of hydrogen-bond donors (Lipinski definition) is 0. The third kappa shape index (κ3) is 4.00. The van der Waals surface area contributed by atoms with Crippen LogP contribution in [0.3, 0.4) is 0 Å². The van der Waals surface area contributed by atoms with E-state index in [2.05, 4.69) is 63.7 Å². The average molecular weight is 592 g/mol. The molecule has 5 rings (SSSR count). The van der Waals surface area contributed by atoms with E-state index >= 15 is 0 Å². The van der Waals surface area contributed by atoms with E-state index in [1.807, 2.05) is 41.1 Å². The van der Waals surface area contributed by atoms with E-state index in [1.165, 1.54) is 0 Å². The fourth-order valence-electron chi connectivity index (χ4n) is 3.65. The van der Waals surface area contributed by atoms with E-state index < -0.39 is 0 Å². The fraction of sp³-hybridized carbons (Fsp3) is 0. The quantitative estimate of drug-likeness (QED) is 0.212. The summed E-state index contributed by atoms with van der Waals surface area (Å²) in [5.41, 5.74) is 6.41. The number of aromatic nitrogens is 4. The van der Waals surface area contributed by atoms with Gasteiger partial charge < -0.3 is 0 Å². The summed E-state index contributed by atoms with van der Waals surface area (Å²) in [4.78, 5) is 5.20. The van der Waals surface area contributed by atoms with E-state index in [0.29, 0.717) is 11.4 Å². The van der Waals surface area contributed by atoms with Crippen molar-refractivity contribution < 1.29 is 24.9 Å². The standard InChI is InChI=1S/C26H17N5.Ir/c1-27-22-14-8-15-23(18-22)31-29-28-19-30(31)26-24(20-10-4-2-5-11-20)16-9-17-25(26)21-12-6-3-7-13-21;/h2-14,16-19H;. The number of tetrazole rings is 1. The van der Waals surface area contributed by atoms with Crippen molar-refractivity contribution in [3.8, 4) is 33.6 Å². The van der Waals surface area contributed by atoms with Gasteiger partial charge in [0.15, 0.2) is 5.21 Å². The summed E-state index contributed by atoms with van der Waals surface area (Å²) in [6.45, 7) is 7.34. The Morgan fingerprint density at radius 3 is 2.03 bits per heavy atom.